The summed E-state index contributed by atoms with van der Waals surface area (Å²) in [5.74, 6) is 0.911. The van der Waals surface area contributed by atoms with E-state index in [1.165, 1.54) is 24.9 Å². The Hall–Kier alpha value is -0.980. The first kappa shape index (κ1) is 11.1. The highest BCUT2D eigenvalue weighted by molar-refractivity contribution is 5.45. The third kappa shape index (κ3) is 1.59. The molecule has 0 aromatic heterocycles. The second-order valence-electron chi connectivity index (χ2n) is 6.86. The van der Waals surface area contributed by atoms with Crippen molar-refractivity contribution < 1.29 is 0 Å². The van der Waals surface area contributed by atoms with E-state index < -0.39 is 0 Å². The summed E-state index contributed by atoms with van der Waals surface area (Å²) in [6, 6.07) is 11.3. The summed E-state index contributed by atoms with van der Waals surface area (Å²) >= 11 is 0. The molecule has 2 bridgehead atoms. The van der Waals surface area contributed by atoms with Crippen molar-refractivity contribution in [3.8, 4) is 0 Å². The Morgan fingerprint density at radius 1 is 1.12 bits per heavy atom. The Balaban J connectivity index is 1.88. The minimum atomic E-state index is 0.433. The van der Waals surface area contributed by atoms with Crippen molar-refractivity contribution in [3.63, 3.8) is 0 Å². The molecule has 2 aliphatic carbocycles. The van der Waals surface area contributed by atoms with Crippen LogP contribution in [-0.4, -0.2) is 6.04 Å². The molecule has 0 spiro atoms. The van der Waals surface area contributed by atoms with Crippen LogP contribution in [0.5, 0.6) is 0 Å². The van der Waals surface area contributed by atoms with Gasteiger partial charge in [-0.05, 0) is 48.1 Å². The average molecular weight is 229 g/mol. The summed E-state index contributed by atoms with van der Waals surface area (Å²) in [5, 5.41) is 3.80. The van der Waals surface area contributed by atoms with E-state index in [1.807, 2.05) is 0 Å². The number of benzene rings is 1. The molecule has 1 aromatic carbocycles. The highest BCUT2D eigenvalue weighted by Crippen LogP contribution is 2.63. The Morgan fingerprint density at radius 3 is 2.41 bits per heavy atom. The SMILES string of the molecule is CC1(C)C(Nc2ccccc2)[C@]2(C)CC[C@H]1C2. The van der Waals surface area contributed by atoms with Gasteiger partial charge in [-0.2, -0.15) is 0 Å². The van der Waals surface area contributed by atoms with E-state index in [2.05, 4.69) is 56.4 Å². The van der Waals surface area contributed by atoms with Crippen LogP contribution < -0.4 is 5.32 Å². The van der Waals surface area contributed by atoms with Crippen molar-refractivity contribution in [1.82, 2.24) is 0 Å². The lowest BCUT2D eigenvalue weighted by atomic mass is 9.68. The van der Waals surface area contributed by atoms with Crippen LogP contribution in [0.4, 0.5) is 5.69 Å². The molecule has 0 radical (unpaired) electrons. The van der Waals surface area contributed by atoms with Gasteiger partial charge >= 0.3 is 0 Å². The Morgan fingerprint density at radius 2 is 1.82 bits per heavy atom. The molecule has 0 heterocycles. The van der Waals surface area contributed by atoms with Crippen LogP contribution in [0, 0.1) is 16.7 Å². The van der Waals surface area contributed by atoms with Gasteiger partial charge in [0, 0.05) is 11.7 Å². The topological polar surface area (TPSA) is 12.0 Å². The van der Waals surface area contributed by atoms with Crippen LogP contribution in [0.2, 0.25) is 0 Å². The molecule has 1 unspecified atom stereocenters. The molecule has 3 atom stereocenters. The summed E-state index contributed by atoms with van der Waals surface area (Å²) in [7, 11) is 0. The number of rotatable bonds is 2. The van der Waals surface area contributed by atoms with Gasteiger partial charge in [0.2, 0.25) is 0 Å². The summed E-state index contributed by atoms with van der Waals surface area (Å²) in [4.78, 5) is 0. The quantitative estimate of drug-likeness (QED) is 0.796. The zero-order valence-corrected chi connectivity index (χ0v) is 11.2. The fraction of sp³-hybridized carbons (Fsp3) is 0.625. The van der Waals surface area contributed by atoms with Gasteiger partial charge in [-0.15, -0.1) is 0 Å². The standard InChI is InChI=1S/C16H23N/c1-15(2)12-9-10-16(3,11-12)14(15)17-13-7-5-4-6-8-13/h4-8,12,14,17H,9-11H2,1-3H3/t12-,14?,16+/m0/s1. The number of para-hydroxylation sites is 1. The molecular weight excluding hydrogens is 206 g/mol. The lowest BCUT2D eigenvalue weighted by Gasteiger charge is -2.43. The third-order valence-corrected chi connectivity index (χ3v) is 5.35. The minimum Gasteiger partial charge on any atom is -0.381 e. The fourth-order valence-electron chi connectivity index (χ4n) is 4.36. The van der Waals surface area contributed by atoms with Crippen molar-refractivity contribution in [1.29, 1.82) is 0 Å². The number of nitrogens with one attached hydrogen (secondary N) is 1. The lowest BCUT2D eigenvalue weighted by molar-refractivity contribution is 0.155. The molecule has 0 saturated heterocycles. The van der Waals surface area contributed by atoms with E-state index >= 15 is 0 Å². The van der Waals surface area contributed by atoms with Crippen molar-refractivity contribution in [2.75, 3.05) is 5.32 Å². The van der Waals surface area contributed by atoms with Gasteiger partial charge in [0.15, 0.2) is 0 Å². The van der Waals surface area contributed by atoms with Gasteiger partial charge in [0.25, 0.3) is 0 Å². The first-order chi connectivity index (χ1) is 8.02. The summed E-state index contributed by atoms with van der Waals surface area (Å²) < 4.78 is 0. The van der Waals surface area contributed by atoms with Crippen LogP contribution in [0.25, 0.3) is 0 Å². The Labute approximate surface area is 105 Å². The van der Waals surface area contributed by atoms with E-state index in [-0.39, 0.29) is 0 Å². The molecule has 0 amide bonds. The summed E-state index contributed by atoms with van der Waals surface area (Å²) in [5.41, 5.74) is 2.21. The van der Waals surface area contributed by atoms with Crippen LogP contribution in [0.15, 0.2) is 30.3 Å². The minimum absolute atomic E-state index is 0.433. The number of fused-ring (bicyclic) bond motifs is 2. The molecule has 2 aliphatic rings. The second-order valence-corrected chi connectivity index (χ2v) is 6.86. The van der Waals surface area contributed by atoms with Crippen molar-refractivity contribution in [3.05, 3.63) is 30.3 Å². The number of anilines is 1. The van der Waals surface area contributed by atoms with E-state index in [0.29, 0.717) is 16.9 Å². The van der Waals surface area contributed by atoms with E-state index in [1.54, 1.807) is 0 Å². The molecule has 2 fully saturated rings. The van der Waals surface area contributed by atoms with E-state index in [4.69, 9.17) is 0 Å². The fourth-order valence-corrected chi connectivity index (χ4v) is 4.36. The monoisotopic (exact) mass is 229 g/mol. The maximum atomic E-state index is 3.80. The predicted octanol–water partition coefficient (Wildman–Crippen LogP) is 4.31. The number of hydrogen-bond acceptors (Lipinski definition) is 1. The average Bonchev–Trinajstić information content (AvgIpc) is 2.77. The van der Waals surface area contributed by atoms with Crippen LogP contribution >= 0.6 is 0 Å². The summed E-state index contributed by atoms with van der Waals surface area (Å²) in [6.07, 6.45) is 4.23. The van der Waals surface area contributed by atoms with E-state index in [9.17, 15) is 0 Å². The number of hydrogen-bond donors (Lipinski definition) is 1. The van der Waals surface area contributed by atoms with Gasteiger partial charge in [0.1, 0.15) is 0 Å². The highest BCUT2D eigenvalue weighted by Gasteiger charge is 2.59. The van der Waals surface area contributed by atoms with Crippen LogP contribution in [0.3, 0.4) is 0 Å². The predicted molar refractivity (Wildman–Crippen MR) is 73.1 cm³/mol. The van der Waals surface area contributed by atoms with Gasteiger partial charge in [-0.1, -0.05) is 39.0 Å². The van der Waals surface area contributed by atoms with Gasteiger partial charge in [-0.3, -0.25) is 0 Å². The zero-order chi connectivity index (χ0) is 12.1. The third-order valence-electron chi connectivity index (χ3n) is 5.35. The van der Waals surface area contributed by atoms with Gasteiger partial charge < -0.3 is 5.32 Å². The lowest BCUT2D eigenvalue weighted by Crippen LogP contribution is -2.45. The van der Waals surface area contributed by atoms with E-state index in [0.717, 1.165) is 5.92 Å². The first-order valence-corrected chi connectivity index (χ1v) is 6.84. The van der Waals surface area contributed by atoms with Crippen molar-refractivity contribution >= 4 is 5.69 Å². The molecule has 3 rings (SSSR count). The maximum Gasteiger partial charge on any atom is 0.0368 e. The highest BCUT2D eigenvalue weighted by atomic mass is 15.0. The smallest absolute Gasteiger partial charge is 0.0368 e. The molecule has 1 aromatic rings. The molecule has 1 nitrogen and oxygen atoms in total. The molecule has 92 valence electrons. The van der Waals surface area contributed by atoms with Gasteiger partial charge in [-0.25, -0.2) is 0 Å². The largest absolute Gasteiger partial charge is 0.381 e. The molecular formula is C16H23N. The second kappa shape index (κ2) is 3.51. The van der Waals surface area contributed by atoms with Crippen LogP contribution in [-0.2, 0) is 0 Å². The van der Waals surface area contributed by atoms with Crippen LogP contribution in [0.1, 0.15) is 40.0 Å². The molecule has 1 N–H and O–H groups in total. The Bertz CT molecular complexity index is 404. The van der Waals surface area contributed by atoms with Gasteiger partial charge in [0.05, 0.1) is 0 Å². The Kier molecular flexibility index (Phi) is 2.30. The normalized spacial score (nSPS) is 38.3. The molecule has 0 aliphatic heterocycles. The summed E-state index contributed by atoms with van der Waals surface area (Å²) in [6.45, 7) is 7.37. The maximum absolute atomic E-state index is 3.80. The van der Waals surface area contributed by atoms with Crippen molar-refractivity contribution in [2.45, 2.75) is 46.1 Å². The molecule has 1 heteroatoms. The molecule has 17 heavy (non-hydrogen) atoms. The first-order valence-electron chi connectivity index (χ1n) is 6.84. The zero-order valence-electron chi connectivity index (χ0n) is 11.2. The van der Waals surface area contributed by atoms with Crippen molar-refractivity contribution in [2.24, 2.45) is 16.7 Å². The molecule has 2 saturated carbocycles.